The van der Waals surface area contributed by atoms with Crippen LogP contribution < -0.4 is 16.0 Å². The first kappa shape index (κ1) is 21.7. The molecular formula is C24H22FN3O3. The second-order valence-electron chi connectivity index (χ2n) is 6.90. The van der Waals surface area contributed by atoms with Crippen molar-refractivity contribution >= 4 is 23.4 Å². The number of carbonyl (C=O) groups excluding carboxylic acids is 3. The molecule has 3 aromatic carbocycles. The number of anilines is 1. The zero-order valence-electron chi connectivity index (χ0n) is 16.9. The summed E-state index contributed by atoms with van der Waals surface area (Å²) in [6.45, 7) is 1.50. The van der Waals surface area contributed by atoms with E-state index < -0.39 is 17.6 Å². The Labute approximate surface area is 179 Å². The van der Waals surface area contributed by atoms with E-state index in [0.717, 1.165) is 5.56 Å². The molecule has 0 spiro atoms. The van der Waals surface area contributed by atoms with E-state index in [9.17, 15) is 18.8 Å². The van der Waals surface area contributed by atoms with Gasteiger partial charge < -0.3 is 16.0 Å². The molecule has 0 bridgehead atoms. The van der Waals surface area contributed by atoms with Gasteiger partial charge in [0.1, 0.15) is 5.82 Å². The number of halogens is 1. The number of rotatable bonds is 7. The normalized spacial score (nSPS) is 11.3. The van der Waals surface area contributed by atoms with Crippen molar-refractivity contribution in [1.82, 2.24) is 10.6 Å². The van der Waals surface area contributed by atoms with E-state index >= 15 is 0 Å². The number of amides is 3. The minimum atomic E-state index is -0.661. The summed E-state index contributed by atoms with van der Waals surface area (Å²) in [5, 5.41) is 8.00. The number of nitrogens with one attached hydrogen (secondary N) is 3. The highest BCUT2D eigenvalue weighted by molar-refractivity contribution is 6.04. The fourth-order valence-corrected chi connectivity index (χ4v) is 2.96. The number of hydrogen-bond donors (Lipinski definition) is 3. The Kier molecular flexibility index (Phi) is 7.11. The van der Waals surface area contributed by atoms with E-state index in [1.807, 2.05) is 12.1 Å². The molecule has 0 radical (unpaired) electrons. The molecule has 3 N–H and O–H groups in total. The number of hydrogen-bond acceptors (Lipinski definition) is 3. The molecule has 7 heteroatoms. The topological polar surface area (TPSA) is 87.3 Å². The summed E-state index contributed by atoms with van der Waals surface area (Å²) >= 11 is 0. The maximum absolute atomic E-state index is 13.6. The molecule has 1 atom stereocenters. The van der Waals surface area contributed by atoms with Crippen molar-refractivity contribution in [3.8, 4) is 0 Å². The Bertz CT molecular complexity index is 1090. The minimum absolute atomic E-state index is 0.120. The third-order valence-corrected chi connectivity index (χ3v) is 4.59. The minimum Gasteiger partial charge on any atom is -0.348 e. The maximum atomic E-state index is 13.6. The molecule has 0 unspecified atom stereocenters. The summed E-state index contributed by atoms with van der Waals surface area (Å²) in [5.74, 6) is -1.96. The summed E-state index contributed by atoms with van der Waals surface area (Å²) in [6, 6.07) is 21.2. The van der Waals surface area contributed by atoms with Crippen molar-refractivity contribution < 1.29 is 18.8 Å². The number of carbonyl (C=O) groups is 3. The fraction of sp³-hybridized carbons (Fsp3) is 0.125. The van der Waals surface area contributed by atoms with Crippen LogP contribution in [0.4, 0.5) is 10.1 Å². The lowest BCUT2D eigenvalue weighted by molar-refractivity contribution is -0.120. The lowest BCUT2D eigenvalue weighted by Gasteiger charge is -2.16. The van der Waals surface area contributed by atoms with Crippen LogP contribution in [0.1, 0.15) is 39.2 Å². The van der Waals surface area contributed by atoms with Crippen molar-refractivity contribution in [2.24, 2.45) is 0 Å². The van der Waals surface area contributed by atoms with Gasteiger partial charge in [-0.2, -0.15) is 0 Å². The largest absolute Gasteiger partial charge is 0.348 e. The summed E-state index contributed by atoms with van der Waals surface area (Å²) in [7, 11) is 0. The van der Waals surface area contributed by atoms with E-state index in [-0.39, 0.29) is 24.1 Å². The van der Waals surface area contributed by atoms with Gasteiger partial charge in [0.25, 0.3) is 11.8 Å². The van der Waals surface area contributed by atoms with Gasteiger partial charge in [-0.25, -0.2) is 4.39 Å². The van der Waals surface area contributed by atoms with Crippen LogP contribution in [0.3, 0.4) is 0 Å². The molecule has 0 aromatic heterocycles. The second kappa shape index (κ2) is 10.2. The monoisotopic (exact) mass is 419 g/mol. The van der Waals surface area contributed by atoms with Crippen molar-refractivity contribution in [3.05, 3.63) is 101 Å². The standard InChI is InChI=1S/C24H22FN3O3/c1-16(27-22(29)15-26-24(31)20-12-5-6-13-21(20)25)18-10-7-11-19(14-18)28-23(30)17-8-3-2-4-9-17/h2-14,16H,15H2,1H3,(H,26,31)(H,27,29)(H,28,30)/t16-/m1/s1. The van der Waals surface area contributed by atoms with Crippen LogP contribution in [-0.2, 0) is 4.79 Å². The predicted octanol–water partition coefficient (Wildman–Crippen LogP) is 3.69. The summed E-state index contributed by atoms with van der Waals surface area (Å²) < 4.78 is 13.6. The highest BCUT2D eigenvalue weighted by Crippen LogP contribution is 2.18. The van der Waals surface area contributed by atoms with E-state index in [4.69, 9.17) is 0 Å². The van der Waals surface area contributed by atoms with Crippen molar-refractivity contribution in [1.29, 1.82) is 0 Å². The molecule has 3 rings (SSSR count). The van der Waals surface area contributed by atoms with Gasteiger partial charge in [0.15, 0.2) is 0 Å². The van der Waals surface area contributed by atoms with Gasteiger partial charge in [0.05, 0.1) is 18.2 Å². The van der Waals surface area contributed by atoms with Crippen LogP contribution in [0.15, 0.2) is 78.9 Å². The predicted molar refractivity (Wildman–Crippen MR) is 116 cm³/mol. The van der Waals surface area contributed by atoms with Crippen LogP contribution >= 0.6 is 0 Å². The maximum Gasteiger partial charge on any atom is 0.255 e. The van der Waals surface area contributed by atoms with Crippen LogP contribution in [0.25, 0.3) is 0 Å². The van der Waals surface area contributed by atoms with Gasteiger partial charge >= 0.3 is 0 Å². The van der Waals surface area contributed by atoms with Gasteiger partial charge in [-0.15, -0.1) is 0 Å². The van der Waals surface area contributed by atoms with Crippen LogP contribution in [0.5, 0.6) is 0 Å². The van der Waals surface area contributed by atoms with Gasteiger partial charge in [-0.3, -0.25) is 14.4 Å². The van der Waals surface area contributed by atoms with E-state index in [2.05, 4.69) is 16.0 Å². The summed E-state index contributed by atoms with van der Waals surface area (Å²) in [6.07, 6.45) is 0. The lowest BCUT2D eigenvalue weighted by atomic mass is 10.1. The third-order valence-electron chi connectivity index (χ3n) is 4.59. The zero-order valence-corrected chi connectivity index (χ0v) is 16.9. The Hall–Kier alpha value is -4.00. The first-order valence-electron chi connectivity index (χ1n) is 9.72. The Morgan fingerprint density at radius 3 is 2.32 bits per heavy atom. The van der Waals surface area contributed by atoms with Gasteiger partial charge in [0, 0.05) is 11.3 Å². The third kappa shape index (κ3) is 5.99. The number of benzene rings is 3. The first-order chi connectivity index (χ1) is 14.9. The quantitative estimate of drug-likeness (QED) is 0.546. The first-order valence-corrected chi connectivity index (χ1v) is 9.72. The van der Waals surface area contributed by atoms with Crippen LogP contribution in [-0.4, -0.2) is 24.3 Å². The van der Waals surface area contributed by atoms with Crippen molar-refractivity contribution in [3.63, 3.8) is 0 Å². The molecular weight excluding hydrogens is 397 g/mol. The molecule has 3 amide bonds. The highest BCUT2D eigenvalue weighted by atomic mass is 19.1. The molecule has 0 heterocycles. The average molecular weight is 419 g/mol. The molecule has 0 saturated heterocycles. The lowest BCUT2D eigenvalue weighted by Crippen LogP contribution is -2.38. The van der Waals surface area contributed by atoms with Gasteiger partial charge in [0.2, 0.25) is 5.91 Å². The molecule has 0 fully saturated rings. The fourth-order valence-electron chi connectivity index (χ4n) is 2.96. The average Bonchev–Trinajstić information content (AvgIpc) is 2.78. The summed E-state index contributed by atoms with van der Waals surface area (Å²) in [5.41, 5.74) is 1.80. The molecule has 0 aliphatic rings. The van der Waals surface area contributed by atoms with E-state index in [1.54, 1.807) is 55.5 Å². The highest BCUT2D eigenvalue weighted by Gasteiger charge is 2.14. The zero-order chi connectivity index (χ0) is 22.2. The Morgan fingerprint density at radius 1 is 0.871 bits per heavy atom. The molecule has 0 aliphatic heterocycles. The van der Waals surface area contributed by atoms with Crippen LogP contribution in [0, 0.1) is 5.82 Å². The molecule has 3 aromatic rings. The SMILES string of the molecule is C[C@@H](NC(=O)CNC(=O)c1ccccc1F)c1cccc(NC(=O)c2ccccc2)c1. The smallest absolute Gasteiger partial charge is 0.255 e. The molecule has 0 aliphatic carbocycles. The molecule has 0 saturated carbocycles. The Balaban J connectivity index is 1.55. The Morgan fingerprint density at radius 2 is 1.58 bits per heavy atom. The van der Waals surface area contributed by atoms with Gasteiger partial charge in [-0.1, -0.05) is 42.5 Å². The summed E-state index contributed by atoms with van der Waals surface area (Å²) in [4.78, 5) is 36.5. The molecule has 158 valence electrons. The van der Waals surface area contributed by atoms with Gasteiger partial charge in [-0.05, 0) is 48.9 Å². The molecule has 6 nitrogen and oxygen atoms in total. The van der Waals surface area contributed by atoms with E-state index in [0.29, 0.717) is 11.3 Å². The molecule has 31 heavy (non-hydrogen) atoms. The second-order valence-corrected chi connectivity index (χ2v) is 6.90. The van der Waals surface area contributed by atoms with Crippen molar-refractivity contribution in [2.45, 2.75) is 13.0 Å². The van der Waals surface area contributed by atoms with E-state index in [1.165, 1.54) is 18.2 Å². The van der Waals surface area contributed by atoms with Crippen molar-refractivity contribution in [2.75, 3.05) is 11.9 Å². The van der Waals surface area contributed by atoms with Crippen LogP contribution in [0.2, 0.25) is 0 Å².